The minimum absolute atomic E-state index is 0.253. The van der Waals surface area contributed by atoms with Gasteiger partial charge in [-0.05, 0) is 24.1 Å². The zero-order chi connectivity index (χ0) is 13.9. The molecule has 0 aromatic heterocycles. The molecule has 0 unspecified atom stereocenters. The quantitative estimate of drug-likeness (QED) is 0.623. The molecule has 1 aromatic carbocycles. The fourth-order valence-electron chi connectivity index (χ4n) is 2.21. The zero-order valence-corrected chi connectivity index (χ0v) is 12.0. The molecular formula is C17H26O2. The Hall–Kier alpha value is -1.31. The Balaban J connectivity index is 2.06. The van der Waals surface area contributed by atoms with Crippen LogP contribution in [-0.4, -0.2) is 10.9 Å². The van der Waals surface area contributed by atoms with Gasteiger partial charge in [0.15, 0.2) is 0 Å². The van der Waals surface area contributed by atoms with Crippen LogP contribution in [0, 0.1) is 0 Å². The topological polar surface area (TPSA) is 37.3 Å². The molecule has 0 saturated carbocycles. The summed E-state index contributed by atoms with van der Waals surface area (Å²) in [6.07, 6.45) is 9.88. The van der Waals surface area contributed by atoms with E-state index in [4.69, 9.17) is 5.11 Å². The fraction of sp³-hybridized carbons (Fsp3) is 0.588. The van der Waals surface area contributed by atoms with Gasteiger partial charge in [-0.25, -0.2) is 0 Å². The Morgan fingerprint density at radius 1 is 0.947 bits per heavy atom. The highest BCUT2D eigenvalue weighted by Gasteiger charge is 2.03. The highest BCUT2D eigenvalue weighted by atomic mass is 16.3. The third kappa shape index (κ3) is 7.66. The first kappa shape index (κ1) is 15.7. The van der Waals surface area contributed by atoms with Gasteiger partial charge in [0.05, 0.1) is 0 Å². The molecule has 0 aliphatic heterocycles. The Morgan fingerprint density at radius 2 is 1.53 bits per heavy atom. The van der Waals surface area contributed by atoms with Crippen LogP contribution in [0.3, 0.4) is 0 Å². The minimum Gasteiger partial charge on any atom is -0.508 e. The van der Waals surface area contributed by atoms with Gasteiger partial charge >= 0.3 is 0 Å². The average molecular weight is 262 g/mol. The molecule has 1 aromatic rings. The number of hydrogen-bond acceptors (Lipinski definition) is 2. The Morgan fingerprint density at radius 3 is 2.16 bits per heavy atom. The highest BCUT2D eigenvalue weighted by molar-refractivity contribution is 5.80. The molecule has 0 saturated heterocycles. The number of carbonyl (C=O) groups excluding carboxylic acids is 1. The van der Waals surface area contributed by atoms with Crippen LogP contribution in [0.2, 0.25) is 0 Å². The first-order valence-corrected chi connectivity index (χ1v) is 7.52. The van der Waals surface area contributed by atoms with E-state index in [1.807, 2.05) is 12.1 Å². The smallest absolute Gasteiger partial charge is 0.137 e. The molecule has 0 amide bonds. The number of carbonyl (C=O) groups is 1. The third-order valence-corrected chi connectivity index (χ3v) is 3.40. The summed E-state index contributed by atoms with van der Waals surface area (Å²) in [5.41, 5.74) is 0.991. The number of Topliss-reactive ketones (excluding diaryl/α,β-unsaturated/α-hetero) is 1. The van der Waals surface area contributed by atoms with Gasteiger partial charge in [-0.1, -0.05) is 57.6 Å². The first-order chi connectivity index (χ1) is 9.22. The highest BCUT2D eigenvalue weighted by Crippen LogP contribution is 2.12. The maximum atomic E-state index is 11.8. The molecular weight excluding hydrogens is 236 g/mol. The van der Waals surface area contributed by atoms with Crippen molar-refractivity contribution in [2.24, 2.45) is 0 Å². The van der Waals surface area contributed by atoms with Crippen LogP contribution >= 0.6 is 0 Å². The SMILES string of the molecule is CCCCCCCCCC(=O)Cc1ccc(O)cc1. The van der Waals surface area contributed by atoms with Gasteiger partial charge in [0, 0.05) is 12.8 Å². The lowest BCUT2D eigenvalue weighted by Crippen LogP contribution is -2.02. The number of unbranched alkanes of at least 4 members (excludes halogenated alkanes) is 6. The molecule has 2 nitrogen and oxygen atoms in total. The number of benzene rings is 1. The molecule has 1 rings (SSSR count). The monoisotopic (exact) mass is 262 g/mol. The Bertz CT molecular complexity index is 354. The largest absolute Gasteiger partial charge is 0.508 e. The molecule has 0 aliphatic rings. The lowest BCUT2D eigenvalue weighted by Gasteiger charge is -2.02. The van der Waals surface area contributed by atoms with Crippen LogP contribution < -0.4 is 0 Å². The third-order valence-electron chi connectivity index (χ3n) is 3.40. The Labute approximate surface area is 116 Å². The van der Waals surface area contributed by atoms with E-state index in [2.05, 4.69) is 6.92 Å². The van der Waals surface area contributed by atoms with E-state index in [0.717, 1.165) is 12.0 Å². The molecule has 0 fully saturated rings. The summed E-state index contributed by atoms with van der Waals surface area (Å²) < 4.78 is 0. The molecule has 2 heteroatoms. The minimum atomic E-state index is 0.253. The molecule has 0 spiro atoms. The van der Waals surface area contributed by atoms with Crippen LogP contribution in [-0.2, 0) is 11.2 Å². The predicted octanol–water partition coefficient (Wildman–Crippen LogP) is 4.64. The van der Waals surface area contributed by atoms with Crippen molar-refractivity contribution in [1.29, 1.82) is 0 Å². The number of ketones is 1. The molecule has 19 heavy (non-hydrogen) atoms. The van der Waals surface area contributed by atoms with Gasteiger partial charge in [0.25, 0.3) is 0 Å². The summed E-state index contributed by atoms with van der Waals surface area (Å²) in [6, 6.07) is 6.91. The maximum absolute atomic E-state index is 11.8. The van der Waals surface area contributed by atoms with E-state index in [9.17, 15) is 4.79 Å². The summed E-state index contributed by atoms with van der Waals surface area (Å²) >= 11 is 0. The van der Waals surface area contributed by atoms with Crippen LogP contribution in [0.1, 0.15) is 63.9 Å². The summed E-state index contributed by atoms with van der Waals surface area (Å²) in [4.78, 5) is 11.8. The Kier molecular flexibility index (Phi) is 7.95. The molecule has 106 valence electrons. The summed E-state index contributed by atoms with van der Waals surface area (Å²) in [7, 11) is 0. The first-order valence-electron chi connectivity index (χ1n) is 7.52. The van der Waals surface area contributed by atoms with Crippen molar-refractivity contribution in [1.82, 2.24) is 0 Å². The fourth-order valence-corrected chi connectivity index (χ4v) is 2.21. The molecule has 0 heterocycles. The van der Waals surface area contributed by atoms with E-state index in [1.54, 1.807) is 12.1 Å². The van der Waals surface area contributed by atoms with Crippen molar-refractivity contribution < 1.29 is 9.90 Å². The van der Waals surface area contributed by atoms with Crippen molar-refractivity contribution in [2.45, 2.75) is 64.7 Å². The van der Waals surface area contributed by atoms with Gasteiger partial charge in [-0.2, -0.15) is 0 Å². The van der Waals surface area contributed by atoms with Crippen molar-refractivity contribution in [3.8, 4) is 5.75 Å². The number of phenols is 1. The second-order valence-electron chi connectivity index (χ2n) is 5.25. The van der Waals surface area contributed by atoms with Gasteiger partial charge in [-0.3, -0.25) is 4.79 Å². The standard InChI is InChI=1S/C17H26O2/c1-2-3-4-5-6-7-8-9-17(19)14-15-10-12-16(18)13-11-15/h10-13,18H,2-9,14H2,1H3. The van der Waals surface area contributed by atoms with Crippen molar-refractivity contribution in [3.05, 3.63) is 29.8 Å². The van der Waals surface area contributed by atoms with E-state index < -0.39 is 0 Å². The molecule has 0 aliphatic carbocycles. The lowest BCUT2D eigenvalue weighted by atomic mass is 10.0. The summed E-state index contributed by atoms with van der Waals surface area (Å²) in [6.45, 7) is 2.22. The predicted molar refractivity (Wildman–Crippen MR) is 79.4 cm³/mol. The van der Waals surface area contributed by atoms with Crippen molar-refractivity contribution in [2.75, 3.05) is 0 Å². The number of aromatic hydroxyl groups is 1. The van der Waals surface area contributed by atoms with Crippen LogP contribution in [0.15, 0.2) is 24.3 Å². The van der Waals surface area contributed by atoms with Gasteiger partial charge < -0.3 is 5.11 Å². The van der Waals surface area contributed by atoms with Gasteiger partial charge in [-0.15, -0.1) is 0 Å². The summed E-state index contributed by atoms with van der Waals surface area (Å²) in [5, 5.41) is 9.17. The normalized spacial score (nSPS) is 10.6. The lowest BCUT2D eigenvalue weighted by molar-refractivity contribution is -0.118. The second kappa shape index (κ2) is 9.60. The summed E-state index contributed by atoms with van der Waals surface area (Å²) in [5.74, 6) is 0.558. The number of rotatable bonds is 10. The second-order valence-corrected chi connectivity index (χ2v) is 5.25. The van der Waals surface area contributed by atoms with Crippen molar-refractivity contribution >= 4 is 5.78 Å². The van der Waals surface area contributed by atoms with E-state index in [0.29, 0.717) is 18.6 Å². The van der Waals surface area contributed by atoms with E-state index in [1.165, 1.54) is 38.5 Å². The zero-order valence-electron chi connectivity index (χ0n) is 12.0. The van der Waals surface area contributed by atoms with Crippen molar-refractivity contribution in [3.63, 3.8) is 0 Å². The molecule has 1 N–H and O–H groups in total. The number of phenolic OH excluding ortho intramolecular Hbond substituents is 1. The molecule has 0 bridgehead atoms. The maximum Gasteiger partial charge on any atom is 0.137 e. The number of hydrogen-bond donors (Lipinski definition) is 1. The van der Waals surface area contributed by atoms with Crippen LogP contribution in [0.5, 0.6) is 5.75 Å². The van der Waals surface area contributed by atoms with E-state index in [-0.39, 0.29) is 5.75 Å². The van der Waals surface area contributed by atoms with Gasteiger partial charge in [0.2, 0.25) is 0 Å². The molecule has 0 atom stereocenters. The average Bonchev–Trinajstić information content (AvgIpc) is 2.40. The van der Waals surface area contributed by atoms with E-state index >= 15 is 0 Å². The van der Waals surface area contributed by atoms with Crippen LogP contribution in [0.4, 0.5) is 0 Å². The van der Waals surface area contributed by atoms with Crippen LogP contribution in [0.25, 0.3) is 0 Å². The van der Waals surface area contributed by atoms with Gasteiger partial charge in [0.1, 0.15) is 11.5 Å². The molecule has 0 radical (unpaired) electrons.